The zero-order chi connectivity index (χ0) is 20.1. The van der Waals surface area contributed by atoms with Crippen molar-refractivity contribution in [3.63, 3.8) is 0 Å². The highest BCUT2D eigenvalue weighted by molar-refractivity contribution is 8.01. The van der Waals surface area contributed by atoms with Crippen molar-refractivity contribution in [2.45, 2.75) is 48.8 Å². The highest BCUT2D eigenvalue weighted by atomic mass is 32.2. The zero-order valence-corrected chi connectivity index (χ0v) is 18.8. The minimum absolute atomic E-state index is 0.165. The number of thioether (sulfide) groups is 2. The molecule has 1 saturated carbocycles. The van der Waals surface area contributed by atoms with Crippen molar-refractivity contribution in [1.29, 1.82) is 0 Å². The summed E-state index contributed by atoms with van der Waals surface area (Å²) < 4.78 is -0.353. The molecule has 3 nitrogen and oxygen atoms in total. The average Bonchev–Trinajstić information content (AvgIpc) is 3.22. The second-order valence-electron chi connectivity index (χ2n) is 8.11. The molecule has 0 spiro atoms. The third-order valence-corrected chi connectivity index (χ3v) is 8.38. The van der Waals surface area contributed by atoms with Gasteiger partial charge in [-0.25, -0.2) is 0 Å². The van der Waals surface area contributed by atoms with E-state index in [1.165, 1.54) is 22.0 Å². The van der Waals surface area contributed by atoms with Crippen LogP contribution in [0.5, 0.6) is 0 Å². The van der Waals surface area contributed by atoms with Crippen LogP contribution in [0.4, 0.5) is 5.69 Å². The molecule has 2 fully saturated rings. The molecule has 154 valence electrons. The van der Waals surface area contributed by atoms with Gasteiger partial charge in [0.05, 0.1) is 4.75 Å². The van der Waals surface area contributed by atoms with Gasteiger partial charge in [-0.2, -0.15) is 11.8 Å². The number of rotatable bonds is 6. The van der Waals surface area contributed by atoms with Gasteiger partial charge in [0.25, 0.3) is 0 Å². The SMILES string of the molecule is Cc1ccc(CN2CCSCC2)cc1NC(=O)C1(Sc2ccccc2)CCCC1. The van der Waals surface area contributed by atoms with E-state index in [-0.39, 0.29) is 10.7 Å². The number of anilines is 1. The second kappa shape index (κ2) is 9.59. The van der Waals surface area contributed by atoms with Crippen LogP contribution >= 0.6 is 23.5 Å². The Morgan fingerprint density at radius 2 is 1.83 bits per heavy atom. The summed E-state index contributed by atoms with van der Waals surface area (Å²) in [6.45, 7) is 5.35. The summed E-state index contributed by atoms with van der Waals surface area (Å²) in [6, 6.07) is 16.9. The minimum atomic E-state index is -0.353. The maximum atomic E-state index is 13.4. The molecule has 2 aromatic carbocycles. The number of amides is 1. The molecule has 1 N–H and O–H groups in total. The van der Waals surface area contributed by atoms with E-state index in [4.69, 9.17) is 0 Å². The van der Waals surface area contributed by atoms with Crippen molar-refractivity contribution in [1.82, 2.24) is 4.90 Å². The first kappa shape index (κ1) is 20.8. The molecule has 0 unspecified atom stereocenters. The molecule has 0 aromatic heterocycles. The largest absolute Gasteiger partial charge is 0.325 e. The molecule has 1 aliphatic heterocycles. The number of aryl methyl sites for hydroxylation is 1. The Kier molecular flexibility index (Phi) is 6.88. The van der Waals surface area contributed by atoms with Crippen LogP contribution in [0.3, 0.4) is 0 Å². The molecular formula is C24H30N2OS2. The molecular weight excluding hydrogens is 396 g/mol. The van der Waals surface area contributed by atoms with Crippen LogP contribution in [-0.4, -0.2) is 40.1 Å². The van der Waals surface area contributed by atoms with Gasteiger partial charge in [-0.15, -0.1) is 11.8 Å². The molecule has 1 saturated heterocycles. The number of carbonyl (C=O) groups excluding carboxylic acids is 1. The minimum Gasteiger partial charge on any atom is -0.325 e. The molecule has 2 aliphatic rings. The quantitative estimate of drug-likeness (QED) is 0.653. The summed E-state index contributed by atoms with van der Waals surface area (Å²) in [6.07, 6.45) is 4.14. The van der Waals surface area contributed by atoms with E-state index in [1.54, 1.807) is 11.8 Å². The van der Waals surface area contributed by atoms with E-state index < -0.39 is 0 Å². The van der Waals surface area contributed by atoms with Crippen LogP contribution in [0.2, 0.25) is 0 Å². The Hall–Kier alpha value is -1.43. The first-order valence-corrected chi connectivity index (χ1v) is 12.6. The first-order valence-electron chi connectivity index (χ1n) is 10.6. The van der Waals surface area contributed by atoms with Gasteiger partial charge in [0.15, 0.2) is 0 Å². The fourth-order valence-corrected chi connectivity index (χ4v) is 6.55. The summed E-state index contributed by atoms with van der Waals surface area (Å²) in [7, 11) is 0. The van der Waals surface area contributed by atoms with Crippen molar-refractivity contribution in [3.05, 3.63) is 59.7 Å². The maximum Gasteiger partial charge on any atom is 0.240 e. The fourth-order valence-electron chi connectivity index (χ4n) is 4.19. The fraction of sp³-hybridized carbons (Fsp3) is 0.458. The van der Waals surface area contributed by atoms with Crippen LogP contribution in [-0.2, 0) is 11.3 Å². The van der Waals surface area contributed by atoms with Gasteiger partial charge in [0.2, 0.25) is 5.91 Å². The molecule has 5 heteroatoms. The van der Waals surface area contributed by atoms with Crippen molar-refractivity contribution < 1.29 is 4.79 Å². The predicted octanol–water partition coefficient (Wildman–Crippen LogP) is 5.59. The highest BCUT2D eigenvalue weighted by Gasteiger charge is 2.42. The monoisotopic (exact) mass is 426 g/mol. The summed E-state index contributed by atoms with van der Waals surface area (Å²) >= 11 is 3.78. The van der Waals surface area contributed by atoms with E-state index in [0.29, 0.717) is 0 Å². The van der Waals surface area contributed by atoms with Gasteiger partial charge < -0.3 is 5.32 Å². The molecule has 29 heavy (non-hydrogen) atoms. The third kappa shape index (κ3) is 5.19. The van der Waals surface area contributed by atoms with Gasteiger partial charge in [-0.3, -0.25) is 9.69 Å². The van der Waals surface area contributed by atoms with Crippen molar-refractivity contribution >= 4 is 35.1 Å². The molecule has 4 rings (SSSR count). The lowest BCUT2D eigenvalue weighted by Crippen LogP contribution is -2.37. The molecule has 1 aliphatic carbocycles. The first-order chi connectivity index (χ1) is 14.1. The number of hydrogen-bond donors (Lipinski definition) is 1. The number of benzene rings is 2. The Morgan fingerprint density at radius 1 is 1.10 bits per heavy atom. The van der Waals surface area contributed by atoms with Gasteiger partial charge in [0.1, 0.15) is 0 Å². The van der Waals surface area contributed by atoms with E-state index in [1.807, 2.05) is 17.8 Å². The normalized spacial score (nSPS) is 19.2. The Morgan fingerprint density at radius 3 is 2.55 bits per heavy atom. The van der Waals surface area contributed by atoms with E-state index in [0.717, 1.165) is 56.6 Å². The van der Waals surface area contributed by atoms with Crippen LogP contribution in [0.25, 0.3) is 0 Å². The lowest BCUT2D eigenvalue weighted by Gasteiger charge is -2.28. The molecule has 1 heterocycles. The number of carbonyl (C=O) groups is 1. The molecule has 0 bridgehead atoms. The van der Waals surface area contributed by atoms with Gasteiger partial charge >= 0.3 is 0 Å². The summed E-state index contributed by atoms with van der Waals surface area (Å²) in [5.41, 5.74) is 3.39. The third-order valence-electron chi connectivity index (χ3n) is 5.94. The van der Waals surface area contributed by atoms with E-state index >= 15 is 0 Å². The van der Waals surface area contributed by atoms with Crippen LogP contribution < -0.4 is 5.32 Å². The summed E-state index contributed by atoms with van der Waals surface area (Å²) in [5, 5.41) is 3.31. The van der Waals surface area contributed by atoms with Crippen LogP contribution in [0.1, 0.15) is 36.8 Å². The lowest BCUT2D eigenvalue weighted by molar-refractivity contribution is -0.118. The standard InChI is InChI=1S/C24H30N2OS2/c1-19-9-10-20(18-26-13-15-28-16-14-26)17-22(19)25-23(27)24(11-5-6-12-24)29-21-7-3-2-4-8-21/h2-4,7-10,17H,5-6,11-16,18H2,1H3,(H,25,27). The predicted molar refractivity (Wildman–Crippen MR) is 126 cm³/mol. The van der Waals surface area contributed by atoms with Crippen molar-refractivity contribution in [3.8, 4) is 0 Å². The number of hydrogen-bond acceptors (Lipinski definition) is 4. The molecule has 0 radical (unpaired) electrons. The van der Waals surface area contributed by atoms with E-state index in [9.17, 15) is 4.79 Å². The van der Waals surface area contributed by atoms with E-state index in [2.05, 4.69) is 59.6 Å². The Labute approximate surface area is 183 Å². The van der Waals surface area contributed by atoms with Crippen LogP contribution in [0, 0.1) is 6.92 Å². The maximum absolute atomic E-state index is 13.4. The van der Waals surface area contributed by atoms with Gasteiger partial charge in [-0.1, -0.05) is 43.2 Å². The molecule has 0 atom stereocenters. The topological polar surface area (TPSA) is 32.3 Å². The second-order valence-corrected chi connectivity index (χ2v) is 10.8. The van der Waals surface area contributed by atoms with Gasteiger partial charge in [0, 0.05) is 41.7 Å². The summed E-state index contributed by atoms with van der Waals surface area (Å²) in [4.78, 5) is 17.1. The molecule has 2 aromatic rings. The van der Waals surface area contributed by atoms with Crippen molar-refractivity contribution in [2.24, 2.45) is 0 Å². The zero-order valence-electron chi connectivity index (χ0n) is 17.2. The highest BCUT2D eigenvalue weighted by Crippen LogP contribution is 2.46. The van der Waals surface area contributed by atoms with Gasteiger partial charge in [-0.05, 0) is 49.1 Å². The van der Waals surface area contributed by atoms with Crippen molar-refractivity contribution in [2.75, 3.05) is 29.9 Å². The number of nitrogens with zero attached hydrogens (tertiary/aromatic N) is 1. The smallest absolute Gasteiger partial charge is 0.240 e. The molecule has 1 amide bonds. The van der Waals surface area contributed by atoms with Crippen LogP contribution in [0.15, 0.2) is 53.4 Å². The lowest BCUT2D eigenvalue weighted by atomic mass is 10.0. The Balaban J connectivity index is 1.49. The Bertz CT molecular complexity index is 828. The average molecular weight is 427 g/mol. The number of nitrogens with one attached hydrogen (secondary N) is 1. The summed E-state index contributed by atoms with van der Waals surface area (Å²) in [5.74, 6) is 2.60.